The maximum Gasteiger partial charge on any atom is 0.401 e. The zero-order chi connectivity index (χ0) is 26.2. The molecule has 0 saturated carbocycles. The molecule has 9 nitrogen and oxygen atoms in total. The van der Waals surface area contributed by atoms with E-state index in [9.17, 15) is 13.2 Å². The van der Waals surface area contributed by atoms with E-state index in [1.807, 2.05) is 31.2 Å². The van der Waals surface area contributed by atoms with Gasteiger partial charge in [0.2, 0.25) is 11.9 Å². The lowest BCUT2D eigenvalue weighted by atomic mass is 9.73. The zero-order valence-corrected chi connectivity index (χ0v) is 21.6. The van der Waals surface area contributed by atoms with E-state index in [-0.39, 0.29) is 11.5 Å². The van der Waals surface area contributed by atoms with Crippen molar-refractivity contribution >= 4 is 23.5 Å². The first kappa shape index (κ1) is 24.1. The van der Waals surface area contributed by atoms with E-state index in [4.69, 9.17) is 11.6 Å². The molecule has 0 bridgehead atoms. The van der Waals surface area contributed by atoms with E-state index in [0.717, 1.165) is 60.8 Å². The summed E-state index contributed by atoms with van der Waals surface area (Å²) in [5, 5.41) is 9.75. The second-order valence-corrected chi connectivity index (χ2v) is 11.5. The Balaban J connectivity index is 1.09. The Labute approximate surface area is 222 Å². The van der Waals surface area contributed by atoms with E-state index in [1.165, 1.54) is 4.90 Å². The standard InChI is InChI=1S/C25H27ClF3N9/c1-16-4-5-30-22(31-16)36-11-24(12-36)13-37(14-24)23-33-32-21-10-35(19-8-34(9-19)15-25(27,28)29)7-17-6-18(26)2-3-20(17)38(21)23/h2-6,19H,7-15H2,1H3. The molecule has 200 valence electrons. The molecular weight excluding hydrogens is 519 g/mol. The Morgan fingerprint density at radius 3 is 2.53 bits per heavy atom. The van der Waals surface area contributed by atoms with E-state index in [2.05, 4.69) is 39.4 Å². The minimum absolute atomic E-state index is 0.0213. The molecule has 0 N–H and O–H groups in total. The largest absolute Gasteiger partial charge is 0.401 e. The SMILES string of the molecule is Cc1ccnc(N2CC3(C2)CN(c2nnc4n2-c2ccc(Cl)cc2CN(C2CN(CC(F)(F)F)C2)C4)C3)n1. The van der Waals surface area contributed by atoms with Crippen molar-refractivity contribution in [2.75, 3.05) is 55.6 Å². The summed E-state index contributed by atoms with van der Waals surface area (Å²) in [5.74, 6) is 2.37. The molecule has 2 aromatic heterocycles. The molecule has 7 rings (SSSR count). The number of aromatic nitrogens is 5. The Morgan fingerprint density at radius 2 is 1.79 bits per heavy atom. The molecule has 3 fully saturated rings. The molecule has 1 spiro atoms. The summed E-state index contributed by atoms with van der Waals surface area (Å²) < 4.78 is 40.6. The van der Waals surface area contributed by atoms with Gasteiger partial charge in [0.05, 0.1) is 18.8 Å². The molecule has 0 amide bonds. The van der Waals surface area contributed by atoms with Crippen molar-refractivity contribution in [3.05, 3.63) is 52.6 Å². The number of hydrogen-bond donors (Lipinski definition) is 0. The summed E-state index contributed by atoms with van der Waals surface area (Å²) in [6, 6.07) is 7.72. The topological polar surface area (TPSA) is 69.5 Å². The van der Waals surface area contributed by atoms with Crippen LogP contribution in [0, 0.1) is 12.3 Å². The molecule has 0 unspecified atom stereocenters. The minimum Gasteiger partial charge on any atom is -0.339 e. The third-order valence-corrected chi connectivity index (χ3v) is 8.26. The fourth-order valence-electron chi connectivity index (χ4n) is 6.23. The third-order valence-electron chi connectivity index (χ3n) is 8.02. The van der Waals surface area contributed by atoms with Crippen LogP contribution in [0.2, 0.25) is 5.02 Å². The average Bonchev–Trinajstić information content (AvgIpc) is 3.09. The van der Waals surface area contributed by atoms with Gasteiger partial charge in [0.15, 0.2) is 5.82 Å². The van der Waals surface area contributed by atoms with Crippen LogP contribution in [0.25, 0.3) is 5.69 Å². The van der Waals surface area contributed by atoms with Crippen LogP contribution < -0.4 is 9.80 Å². The summed E-state index contributed by atoms with van der Waals surface area (Å²) in [6.07, 6.45) is -2.39. The van der Waals surface area contributed by atoms with Crippen LogP contribution in [-0.4, -0.2) is 92.6 Å². The number of alkyl halides is 3. The molecule has 6 heterocycles. The van der Waals surface area contributed by atoms with Gasteiger partial charge >= 0.3 is 6.18 Å². The van der Waals surface area contributed by atoms with Gasteiger partial charge in [-0.1, -0.05) is 11.6 Å². The van der Waals surface area contributed by atoms with Gasteiger partial charge < -0.3 is 9.80 Å². The molecule has 0 atom stereocenters. The molecular formula is C25H27ClF3N9. The highest BCUT2D eigenvalue weighted by Gasteiger charge is 2.54. The summed E-state index contributed by atoms with van der Waals surface area (Å²) in [6.45, 7) is 6.53. The first-order chi connectivity index (χ1) is 18.1. The lowest BCUT2D eigenvalue weighted by molar-refractivity contribution is -0.161. The van der Waals surface area contributed by atoms with Gasteiger partial charge in [-0.2, -0.15) is 13.2 Å². The number of hydrogen-bond acceptors (Lipinski definition) is 8. The van der Waals surface area contributed by atoms with Crippen LogP contribution >= 0.6 is 11.6 Å². The van der Waals surface area contributed by atoms with E-state index in [1.54, 1.807) is 6.20 Å². The lowest BCUT2D eigenvalue weighted by Gasteiger charge is -2.60. The van der Waals surface area contributed by atoms with Crippen molar-refractivity contribution in [1.29, 1.82) is 0 Å². The first-order valence-corrected chi connectivity index (χ1v) is 13.1. The van der Waals surface area contributed by atoms with Crippen LogP contribution in [0.1, 0.15) is 17.1 Å². The molecule has 38 heavy (non-hydrogen) atoms. The van der Waals surface area contributed by atoms with Crippen LogP contribution in [0.5, 0.6) is 0 Å². The minimum atomic E-state index is -4.18. The van der Waals surface area contributed by atoms with E-state index < -0.39 is 12.7 Å². The van der Waals surface area contributed by atoms with Crippen molar-refractivity contribution in [3.63, 3.8) is 0 Å². The van der Waals surface area contributed by atoms with Gasteiger partial charge in [-0.15, -0.1) is 10.2 Å². The van der Waals surface area contributed by atoms with Crippen LogP contribution in [0.15, 0.2) is 30.5 Å². The van der Waals surface area contributed by atoms with Crippen LogP contribution in [-0.2, 0) is 13.1 Å². The monoisotopic (exact) mass is 545 g/mol. The highest BCUT2D eigenvalue weighted by atomic mass is 35.5. The second kappa shape index (κ2) is 8.52. The van der Waals surface area contributed by atoms with Crippen LogP contribution in [0.4, 0.5) is 25.1 Å². The number of nitrogens with zero attached hydrogens (tertiary/aromatic N) is 9. The van der Waals surface area contributed by atoms with E-state index in [0.29, 0.717) is 31.2 Å². The normalized spacial score (nSPS) is 21.4. The molecule has 13 heteroatoms. The predicted molar refractivity (Wildman–Crippen MR) is 136 cm³/mol. The van der Waals surface area contributed by atoms with Gasteiger partial charge in [0.1, 0.15) is 0 Å². The Kier molecular flexibility index (Phi) is 5.41. The fraction of sp³-hybridized carbons (Fsp3) is 0.520. The summed E-state index contributed by atoms with van der Waals surface area (Å²) in [4.78, 5) is 17.1. The number of fused-ring (bicyclic) bond motifs is 3. The van der Waals surface area contributed by atoms with E-state index >= 15 is 0 Å². The Hall–Kier alpha value is -2.96. The number of rotatable bonds is 4. The number of benzene rings is 1. The number of anilines is 2. The van der Waals surface area contributed by atoms with Gasteiger partial charge in [-0.3, -0.25) is 14.4 Å². The smallest absolute Gasteiger partial charge is 0.339 e. The predicted octanol–water partition coefficient (Wildman–Crippen LogP) is 2.91. The molecule has 0 aliphatic carbocycles. The van der Waals surface area contributed by atoms with Gasteiger partial charge in [0.25, 0.3) is 0 Å². The Morgan fingerprint density at radius 1 is 1.03 bits per heavy atom. The van der Waals surface area contributed by atoms with Gasteiger partial charge in [-0.05, 0) is 36.8 Å². The highest BCUT2D eigenvalue weighted by Crippen LogP contribution is 2.44. The molecule has 4 aliphatic rings. The summed E-state index contributed by atoms with van der Waals surface area (Å²) >= 11 is 6.36. The molecule has 0 radical (unpaired) electrons. The second-order valence-electron chi connectivity index (χ2n) is 11.1. The van der Waals surface area contributed by atoms with Crippen molar-refractivity contribution in [3.8, 4) is 5.69 Å². The fourth-order valence-corrected chi connectivity index (χ4v) is 6.42. The maximum absolute atomic E-state index is 12.8. The Bertz CT molecular complexity index is 1370. The average molecular weight is 546 g/mol. The van der Waals surface area contributed by atoms with Gasteiger partial charge in [0, 0.05) is 74.2 Å². The molecule has 1 aromatic carbocycles. The number of aryl methyl sites for hydroxylation is 1. The highest BCUT2D eigenvalue weighted by molar-refractivity contribution is 6.30. The van der Waals surface area contributed by atoms with Crippen LogP contribution in [0.3, 0.4) is 0 Å². The number of halogens is 4. The first-order valence-electron chi connectivity index (χ1n) is 12.7. The maximum atomic E-state index is 12.8. The van der Waals surface area contributed by atoms with Gasteiger partial charge in [-0.25, -0.2) is 9.97 Å². The molecule has 3 saturated heterocycles. The van der Waals surface area contributed by atoms with Crippen molar-refractivity contribution in [2.24, 2.45) is 5.41 Å². The summed E-state index contributed by atoms with van der Waals surface area (Å²) in [7, 11) is 0. The summed E-state index contributed by atoms with van der Waals surface area (Å²) in [5.41, 5.74) is 3.14. The molecule has 3 aromatic rings. The van der Waals surface area contributed by atoms with Crippen molar-refractivity contribution in [1.82, 2.24) is 34.5 Å². The third kappa shape index (κ3) is 4.18. The number of likely N-dealkylation sites (tertiary alicyclic amines) is 1. The van der Waals surface area contributed by atoms with Crippen molar-refractivity contribution in [2.45, 2.75) is 32.2 Å². The quantitative estimate of drug-likeness (QED) is 0.496. The lowest BCUT2D eigenvalue weighted by Crippen LogP contribution is -2.73. The zero-order valence-electron chi connectivity index (χ0n) is 20.9. The van der Waals surface area contributed by atoms with Crippen molar-refractivity contribution < 1.29 is 13.2 Å². The molecule has 4 aliphatic heterocycles.